The zero-order valence-corrected chi connectivity index (χ0v) is 25.2. The third-order valence-electron chi connectivity index (χ3n) is 7.62. The van der Waals surface area contributed by atoms with Crippen LogP contribution in [0.25, 0.3) is 0 Å². The number of ether oxygens (including phenoxy) is 2. The van der Waals surface area contributed by atoms with E-state index in [1.165, 1.54) is 52.0 Å². The van der Waals surface area contributed by atoms with Gasteiger partial charge in [0.1, 0.15) is 0 Å². The fourth-order valence-corrected chi connectivity index (χ4v) is 4.54. The van der Waals surface area contributed by atoms with E-state index in [2.05, 4.69) is 9.47 Å². The molecular formula is C30H28F12N2O4. The Balaban J connectivity index is 2.07. The van der Waals surface area contributed by atoms with Crippen LogP contribution in [0.15, 0.2) is 48.5 Å². The lowest BCUT2D eigenvalue weighted by atomic mass is 9.73. The number of halogens is 12. The second-order valence-electron chi connectivity index (χ2n) is 11.8. The van der Waals surface area contributed by atoms with E-state index in [1.807, 2.05) is 0 Å². The summed E-state index contributed by atoms with van der Waals surface area (Å²) >= 11 is 0. The van der Waals surface area contributed by atoms with Gasteiger partial charge in [0.15, 0.2) is 23.0 Å². The summed E-state index contributed by atoms with van der Waals surface area (Å²) in [6.07, 6.45) is -32.5. The van der Waals surface area contributed by atoms with Crippen molar-refractivity contribution in [2.45, 2.75) is 75.4 Å². The number of rotatable bonds is 10. The molecule has 3 rings (SSSR count). The van der Waals surface area contributed by atoms with Gasteiger partial charge in [-0.05, 0) is 46.5 Å². The fourth-order valence-electron chi connectivity index (χ4n) is 4.54. The first-order chi connectivity index (χ1) is 21.5. The SMILES string of the molecule is CC(C)(c1cccc(C(C)(C)c2cc(N)c(O)c(OC(F)(F)C(F)C(F)(F)F)c2)c1)c1cc(N)c(O)c(OC(F)(F)C(F)C(F)(F)F)c1. The molecule has 0 saturated carbocycles. The van der Waals surface area contributed by atoms with Gasteiger partial charge in [-0.15, -0.1) is 0 Å². The number of hydrogen-bond donors (Lipinski definition) is 4. The van der Waals surface area contributed by atoms with E-state index in [0.29, 0.717) is 11.1 Å². The highest BCUT2D eigenvalue weighted by molar-refractivity contribution is 5.65. The summed E-state index contributed by atoms with van der Waals surface area (Å²) in [5.41, 5.74) is 8.25. The lowest BCUT2D eigenvalue weighted by molar-refractivity contribution is -0.306. The number of hydrogen-bond acceptors (Lipinski definition) is 6. The largest absolute Gasteiger partial charge is 0.503 e. The summed E-state index contributed by atoms with van der Waals surface area (Å²) in [6, 6.07) is 9.65. The van der Waals surface area contributed by atoms with Crippen molar-refractivity contribution in [3.05, 3.63) is 70.8 Å². The molecule has 266 valence electrons. The zero-order valence-electron chi connectivity index (χ0n) is 25.2. The van der Waals surface area contributed by atoms with Gasteiger partial charge in [0.05, 0.1) is 11.4 Å². The van der Waals surface area contributed by atoms with Crippen LogP contribution in [-0.2, 0) is 10.8 Å². The minimum Gasteiger partial charge on any atom is -0.503 e. The maximum atomic E-state index is 14.1. The average Bonchev–Trinajstić information content (AvgIpc) is 2.95. The molecule has 0 saturated heterocycles. The number of nitrogen functional groups attached to an aromatic ring is 2. The summed E-state index contributed by atoms with van der Waals surface area (Å²) in [5.74, 6) is -4.92. The maximum Gasteiger partial charge on any atom is 0.439 e. The summed E-state index contributed by atoms with van der Waals surface area (Å²) < 4.78 is 167. The minimum atomic E-state index is -6.01. The molecule has 0 spiro atoms. The Bertz CT molecular complexity index is 1540. The van der Waals surface area contributed by atoms with Crippen molar-refractivity contribution in [3.63, 3.8) is 0 Å². The van der Waals surface area contributed by atoms with Gasteiger partial charge in [-0.1, -0.05) is 52.0 Å². The van der Waals surface area contributed by atoms with Crippen LogP contribution >= 0.6 is 0 Å². The molecule has 0 bridgehead atoms. The molecule has 6 N–H and O–H groups in total. The molecule has 3 aromatic carbocycles. The number of benzene rings is 3. The third kappa shape index (κ3) is 7.51. The van der Waals surface area contributed by atoms with Gasteiger partial charge in [-0.2, -0.15) is 43.9 Å². The van der Waals surface area contributed by atoms with Gasteiger partial charge < -0.3 is 31.2 Å². The highest BCUT2D eigenvalue weighted by Gasteiger charge is 2.60. The van der Waals surface area contributed by atoms with Gasteiger partial charge in [-0.3, -0.25) is 0 Å². The molecule has 0 radical (unpaired) electrons. The van der Waals surface area contributed by atoms with E-state index >= 15 is 0 Å². The highest BCUT2D eigenvalue weighted by atomic mass is 19.4. The number of aromatic hydroxyl groups is 2. The summed E-state index contributed by atoms with van der Waals surface area (Å²) in [6.45, 7) is 6.00. The number of alkyl halides is 12. The first kappa shape index (κ1) is 38.1. The van der Waals surface area contributed by atoms with Crippen LogP contribution in [0, 0.1) is 0 Å². The topological polar surface area (TPSA) is 111 Å². The molecule has 0 aliphatic carbocycles. The molecule has 2 unspecified atom stereocenters. The smallest absolute Gasteiger partial charge is 0.439 e. The molecule has 0 aliphatic heterocycles. The van der Waals surface area contributed by atoms with Crippen LogP contribution in [0.3, 0.4) is 0 Å². The van der Waals surface area contributed by atoms with Crippen molar-refractivity contribution in [2.75, 3.05) is 11.5 Å². The second-order valence-corrected chi connectivity index (χ2v) is 11.8. The van der Waals surface area contributed by atoms with E-state index < -0.39 is 82.1 Å². The molecule has 0 aromatic heterocycles. The second kappa shape index (κ2) is 12.3. The summed E-state index contributed by atoms with van der Waals surface area (Å²) in [4.78, 5) is 0. The van der Waals surface area contributed by atoms with Crippen molar-refractivity contribution in [1.82, 2.24) is 0 Å². The highest BCUT2D eigenvalue weighted by Crippen LogP contribution is 2.47. The van der Waals surface area contributed by atoms with Crippen molar-refractivity contribution < 1.29 is 72.4 Å². The Morgan fingerprint density at radius 1 is 0.542 bits per heavy atom. The normalized spacial score (nSPS) is 14.8. The minimum absolute atomic E-state index is 0.0155. The lowest BCUT2D eigenvalue weighted by Gasteiger charge is -2.32. The van der Waals surface area contributed by atoms with Gasteiger partial charge in [0.25, 0.3) is 12.3 Å². The Morgan fingerprint density at radius 2 is 0.854 bits per heavy atom. The van der Waals surface area contributed by atoms with Crippen LogP contribution < -0.4 is 20.9 Å². The molecule has 0 fully saturated rings. The molecule has 6 nitrogen and oxygen atoms in total. The molecule has 3 aromatic rings. The van der Waals surface area contributed by atoms with Gasteiger partial charge >= 0.3 is 24.6 Å². The first-order valence-electron chi connectivity index (χ1n) is 13.5. The molecule has 0 amide bonds. The van der Waals surface area contributed by atoms with Crippen molar-refractivity contribution in [2.24, 2.45) is 0 Å². The molecular weight excluding hydrogens is 680 g/mol. The number of nitrogens with two attached hydrogens (primary N) is 2. The lowest BCUT2D eigenvalue weighted by Crippen LogP contribution is -2.45. The van der Waals surface area contributed by atoms with Crippen LogP contribution in [0.2, 0.25) is 0 Å². The monoisotopic (exact) mass is 708 g/mol. The third-order valence-corrected chi connectivity index (χ3v) is 7.62. The molecule has 48 heavy (non-hydrogen) atoms. The standard InChI is InChI=1S/C30H28F12N2O4/c1-25(2,15-9-17(43)21(45)19(11-15)47-29(39,40)23(31)27(33,34)35)13-6-5-7-14(8-13)26(3,4)16-10-18(44)22(46)20(12-16)48-30(41,42)24(32)28(36,37)38/h5-12,23-24,45-46H,43-44H2,1-4H3. The van der Waals surface area contributed by atoms with E-state index in [-0.39, 0.29) is 11.1 Å². The van der Waals surface area contributed by atoms with Crippen LogP contribution in [-0.4, -0.2) is 47.1 Å². The van der Waals surface area contributed by atoms with Gasteiger partial charge in [0.2, 0.25) is 0 Å². The van der Waals surface area contributed by atoms with Crippen LogP contribution in [0.5, 0.6) is 23.0 Å². The van der Waals surface area contributed by atoms with Crippen molar-refractivity contribution in [3.8, 4) is 23.0 Å². The van der Waals surface area contributed by atoms with E-state index in [0.717, 1.165) is 24.3 Å². The van der Waals surface area contributed by atoms with Crippen molar-refractivity contribution >= 4 is 11.4 Å². The quantitative estimate of drug-likeness (QED) is 0.0954. The van der Waals surface area contributed by atoms with Crippen LogP contribution in [0.1, 0.15) is 49.9 Å². The Labute approximate surface area is 264 Å². The van der Waals surface area contributed by atoms with E-state index in [9.17, 15) is 62.9 Å². The molecule has 18 heteroatoms. The number of anilines is 2. The van der Waals surface area contributed by atoms with Gasteiger partial charge in [-0.25, -0.2) is 8.78 Å². The molecule has 2 atom stereocenters. The Hall–Kier alpha value is -4.38. The Morgan fingerprint density at radius 3 is 1.15 bits per heavy atom. The molecule has 0 aliphatic rings. The summed E-state index contributed by atoms with van der Waals surface area (Å²) in [7, 11) is 0. The molecule has 0 heterocycles. The predicted octanol–water partition coefficient (Wildman–Crippen LogP) is 8.66. The predicted molar refractivity (Wildman–Crippen MR) is 149 cm³/mol. The average molecular weight is 709 g/mol. The van der Waals surface area contributed by atoms with Crippen molar-refractivity contribution in [1.29, 1.82) is 0 Å². The first-order valence-corrected chi connectivity index (χ1v) is 13.5. The summed E-state index contributed by atoms with van der Waals surface area (Å²) in [5, 5.41) is 20.3. The van der Waals surface area contributed by atoms with Gasteiger partial charge in [0, 0.05) is 10.8 Å². The number of phenolic OH excluding ortho intramolecular Hbond substituents is 2. The van der Waals surface area contributed by atoms with E-state index in [4.69, 9.17) is 11.5 Å². The number of phenols is 2. The van der Waals surface area contributed by atoms with Crippen LogP contribution in [0.4, 0.5) is 64.1 Å². The zero-order chi connectivity index (χ0) is 37.0. The van der Waals surface area contributed by atoms with E-state index in [1.54, 1.807) is 0 Å². The Kier molecular flexibility index (Phi) is 9.72. The maximum absolute atomic E-state index is 14.1. The fraction of sp³-hybridized carbons (Fsp3) is 0.400.